The van der Waals surface area contributed by atoms with Gasteiger partial charge in [-0.3, -0.25) is 0 Å². The molecular formula is C18H26N2S. The highest BCUT2D eigenvalue weighted by molar-refractivity contribution is 7.10. The van der Waals surface area contributed by atoms with Crippen molar-refractivity contribution in [1.29, 1.82) is 0 Å². The van der Waals surface area contributed by atoms with Gasteiger partial charge in [0, 0.05) is 17.5 Å². The SMILES string of the molecule is CC(CCc1ccccc1)NCC(c1cccs1)N(C)C. The second kappa shape index (κ2) is 8.32. The Kier molecular flexibility index (Phi) is 6.43. The van der Waals surface area contributed by atoms with Crippen molar-refractivity contribution in [2.45, 2.75) is 31.8 Å². The maximum atomic E-state index is 3.69. The molecule has 3 heteroatoms. The molecule has 2 rings (SSSR count). The van der Waals surface area contributed by atoms with Crippen LogP contribution in [0.15, 0.2) is 47.8 Å². The molecule has 2 unspecified atom stereocenters. The van der Waals surface area contributed by atoms with Gasteiger partial charge in [0.05, 0.1) is 6.04 Å². The van der Waals surface area contributed by atoms with Crippen molar-refractivity contribution in [2.75, 3.05) is 20.6 Å². The second-order valence-corrected chi connectivity index (χ2v) is 6.81. The van der Waals surface area contributed by atoms with E-state index in [0.29, 0.717) is 12.1 Å². The molecule has 0 aliphatic heterocycles. The smallest absolute Gasteiger partial charge is 0.0561 e. The Hall–Kier alpha value is -1.16. The number of likely N-dealkylation sites (N-methyl/N-ethyl adjacent to an activating group) is 1. The molecule has 0 radical (unpaired) electrons. The highest BCUT2D eigenvalue weighted by Gasteiger charge is 2.15. The van der Waals surface area contributed by atoms with E-state index in [9.17, 15) is 0 Å². The first-order valence-corrected chi connectivity index (χ1v) is 8.52. The third kappa shape index (κ3) is 5.27. The summed E-state index contributed by atoms with van der Waals surface area (Å²) in [5, 5.41) is 5.84. The molecule has 0 spiro atoms. The number of aryl methyl sites for hydroxylation is 1. The molecule has 21 heavy (non-hydrogen) atoms. The minimum Gasteiger partial charge on any atom is -0.312 e. The zero-order valence-corrected chi connectivity index (χ0v) is 14.1. The molecule has 0 saturated heterocycles. The molecule has 0 aliphatic carbocycles. The maximum absolute atomic E-state index is 3.69. The molecule has 0 aliphatic rings. The van der Waals surface area contributed by atoms with Gasteiger partial charge in [-0.15, -0.1) is 11.3 Å². The zero-order chi connectivity index (χ0) is 15.1. The van der Waals surface area contributed by atoms with Crippen LogP contribution in [0, 0.1) is 0 Å². The predicted octanol–water partition coefficient (Wildman–Crippen LogP) is 3.96. The van der Waals surface area contributed by atoms with Crippen LogP contribution in [0.2, 0.25) is 0 Å². The average Bonchev–Trinajstić information content (AvgIpc) is 3.00. The molecule has 1 aromatic heterocycles. The van der Waals surface area contributed by atoms with Crippen LogP contribution < -0.4 is 5.32 Å². The van der Waals surface area contributed by atoms with Gasteiger partial charge in [-0.2, -0.15) is 0 Å². The highest BCUT2D eigenvalue weighted by Crippen LogP contribution is 2.22. The fraction of sp³-hybridized carbons (Fsp3) is 0.444. The summed E-state index contributed by atoms with van der Waals surface area (Å²) in [6.45, 7) is 3.29. The standard InChI is InChI=1S/C18H26N2S/c1-15(11-12-16-8-5-4-6-9-16)19-14-17(20(2)3)18-10-7-13-21-18/h4-10,13,15,17,19H,11-12,14H2,1-3H3. The van der Waals surface area contributed by atoms with E-state index in [1.807, 2.05) is 11.3 Å². The average molecular weight is 302 g/mol. The Labute approximate surface area is 132 Å². The quantitative estimate of drug-likeness (QED) is 0.794. The summed E-state index contributed by atoms with van der Waals surface area (Å²) in [4.78, 5) is 3.73. The Morgan fingerprint density at radius 1 is 1.10 bits per heavy atom. The van der Waals surface area contributed by atoms with Crippen molar-refractivity contribution < 1.29 is 0 Å². The number of hydrogen-bond acceptors (Lipinski definition) is 3. The molecule has 2 aromatic rings. The van der Waals surface area contributed by atoms with E-state index in [2.05, 4.69) is 79.1 Å². The van der Waals surface area contributed by atoms with Gasteiger partial charge >= 0.3 is 0 Å². The second-order valence-electron chi connectivity index (χ2n) is 5.83. The van der Waals surface area contributed by atoms with Crippen LogP contribution in [0.3, 0.4) is 0 Å². The van der Waals surface area contributed by atoms with E-state index in [-0.39, 0.29) is 0 Å². The van der Waals surface area contributed by atoms with E-state index in [1.165, 1.54) is 16.9 Å². The fourth-order valence-electron chi connectivity index (χ4n) is 2.46. The summed E-state index contributed by atoms with van der Waals surface area (Å²) in [7, 11) is 4.31. The van der Waals surface area contributed by atoms with Gasteiger partial charge in [0.1, 0.15) is 0 Å². The maximum Gasteiger partial charge on any atom is 0.0561 e. The number of rotatable bonds is 8. The van der Waals surface area contributed by atoms with Crippen molar-refractivity contribution in [3.63, 3.8) is 0 Å². The molecule has 0 bridgehead atoms. The van der Waals surface area contributed by atoms with Crippen molar-refractivity contribution >= 4 is 11.3 Å². The first-order chi connectivity index (χ1) is 10.2. The number of nitrogens with zero attached hydrogens (tertiary/aromatic N) is 1. The van der Waals surface area contributed by atoms with Gasteiger partial charge in [-0.25, -0.2) is 0 Å². The molecule has 1 aromatic carbocycles. The van der Waals surface area contributed by atoms with Crippen molar-refractivity contribution in [2.24, 2.45) is 0 Å². The minimum atomic E-state index is 0.462. The van der Waals surface area contributed by atoms with Gasteiger partial charge < -0.3 is 10.2 Å². The van der Waals surface area contributed by atoms with Crippen molar-refractivity contribution in [3.05, 3.63) is 58.3 Å². The van der Waals surface area contributed by atoms with Gasteiger partial charge in [0.25, 0.3) is 0 Å². The summed E-state index contributed by atoms with van der Waals surface area (Å²) in [5.41, 5.74) is 1.42. The van der Waals surface area contributed by atoms with Crippen LogP contribution in [-0.4, -0.2) is 31.6 Å². The predicted molar refractivity (Wildman–Crippen MR) is 93.0 cm³/mol. The van der Waals surface area contributed by atoms with E-state index in [1.54, 1.807) is 0 Å². The molecule has 2 atom stereocenters. The van der Waals surface area contributed by atoms with Crippen LogP contribution in [0.1, 0.15) is 29.8 Å². The van der Waals surface area contributed by atoms with E-state index < -0.39 is 0 Å². The number of benzene rings is 1. The van der Waals surface area contributed by atoms with E-state index in [0.717, 1.165) is 13.0 Å². The van der Waals surface area contributed by atoms with E-state index >= 15 is 0 Å². The normalized spacial score (nSPS) is 14.3. The van der Waals surface area contributed by atoms with Crippen molar-refractivity contribution in [3.8, 4) is 0 Å². The van der Waals surface area contributed by atoms with Gasteiger partial charge in [0.15, 0.2) is 0 Å². The monoisotopic (exact) mass is 302 g/mol. The third-order valence-corrected chi connectivity index (χ3v) is 4.84. The molecule has 0 amide bonds. The summed E-state index contributed by atoms with van der Waals surface area (Å²) >= 11 is 1.84. The lowest BCUT2D eigenvalue weighted by atomic mass is 10.1. The topological polar surface area (TPSA) is 15.3 Å². The number of nitrogens with one attached hydrogen (secondary N) is 1. The Balaban J connectivity index is 1.78. The lowest BCUT2D eigenvalue weighted by Gasteiger charge is -2.25. The summed E-state index contributed by atoms with van der Waals surface area (Å²) in [6, 6.07) is 16.1. The van der Waals surface area contributed by atoms with Gasteiger partial charge in [-0.1, -0.05) is 36.4 Å². The summed E-state index contributed by atoms with van der Waals surface area (Å²) in [6.07, 6.45) is 2.31. The summed E-state index contributed by atoms with van der Waals surface area (Å²) in [5.74, 6) is 0. The third-order valence-electron chi connectivity index (χ3n) is 3.86. The van der Waals surface area contributed by atoms with E-state index in [4.69, 9.17) is 0 Å². The van der Waals surface area contributed by atoms with Gasteiger partial charge in [-0.05, 0) is 50.9 Å². The first-order valence-electron chi connectivity index (χ1n) is 7.64. The largest absolute Gasteiger partial charge is 0.312 e. The fourth-order valence-corrected chi connectivity index (χ4v) is 3.38. The molecular weight excluding hydrogens is 276 g/mol. The van der Waals surface area contributed by atoms with Crippen LogP contribution in [-0.2, 0) is 6.42 Å². The molecule has 2 nitrogen and oxygen atoms in total. The minimum absolute atomic E-state index is 0.462. The first kappa shape index (κ1) is 16.2. The van der Waals surface area contributed by atoms with Crippen LogP contribution in [0.5, 0.6) is 0 Å². The Bertz CT molecular complexity index is 493. The van der Waals surface area contributed by atoms with Crippen molar-refractivity contribution in [1.82, 2.24) is 10.2 Å². The molecule has 0 fully saturated rings. The Morgan fingerprint density at radius 3 is 2.48 bits per heavy atom. The zero-order valence-electron chi connectivity index (χ0n) is 13.3. The summed E-state index contributed by atoms with van der Waals surface area (Å²) < 4.78 is 0. The highest BCUT2D eigenvalue weighted by atomic mass is 32.1. The lowest BCUT2D eigenvalue weighted by molar-refractivity contribution is 0.283. The number of hydrogen-bond donors (Lipinski definition) is 1. The van der Waals surface area contributed by atoms with Crippen LogP contribution in [0.4, 0.5) is 0 Å². The molecule has 0 saturated carbocycles. The van der Waals surface area contributed by atoms with Crippen LogP contribution >= 0.6 is 11.3 Å². The van der Waals surface area contributed by atoms with Crippen LogP contribution in [0.25, 0.3) is 0 Å². The number of thiophene rings is 1. The Morgan fingerprint density at radius 2 is 1.86 bits per heavy atom. The molecule has 1 N–H and O–H groups in total. The van der Waals surface area contributed by atoms with Gasteiger partial charge in [0.2, 0.25) is 0 Å². The lowest BCUT2D eigenvalue weighted by Crippen LogP contribution is -2.35. The molecule has 1 heterocycles. The molecule has 114 valence electrons.